The van der Waals surface area contributed by atoms with Gasteiger partial charge in [0, 0.05) is 32.2 Å². The molecule has 0 bridgehead atoms. The van der Waals surface area contributed by atoms with E-state index in [9.17, 15) is 0 Å². The second-order valence-corrected chi connectivity index (χ2v) is 5.99. The zero-order chi connectivity index (χ0) is 12.9. The molecule has 2 heterocycles. The van der Waals surface area contributed by atoms with Crippen molar-refractivity contribution >= 4 is 11.3 Å². The third kappa shape index (κ3) is 3.66. The minimum absolute atomic E-state index is 0.579. The van der Waals surface area contributed by atoms with Crippen LogP contribution in [0.3, 0.4) is 0 Å². The van der Waals surface area contributed by atoms with Gasteiger partial charge in [0.1, 0.15) is 0 Å². The summed E-state index contributed by atoms with van der Waals surface area (Å²) >= 11 is 1.79. The van der Waals surface area contributed by atoms with Gasteiger partial charge < -0.3 is 5.32 Å². The van der Waals surface area contributed by atoms with Crippen molar-refractivity contribution in [3.8, 4) is 0 Å². The van der Waals surface area contributed by atoms with Crippen molar-refractivity contribution in [2.75, 3.05) is 19.6 Å². The molecule has 0 radical (unpaired) electrons. The van der Waals surface area contributed by atoms with Gasteiger partial charge in [0.15, 0.2) is 0 Å². The molecular weight excluding hydrogens is 252 g/mol. The summed E-state index contributed by atoms with van der Waals surface area (Å²) in [6, 6.07) is 13.6. The van der Waals surface area contributed by atoms with E-state index < -0.39 is 0 Å². The van der Waals surface area contributed by atoms with E-state index in [0.29, 0.717) is 6.04 Å². The van der Waals surface area contributed by atoms with Crippen molar-refractivity contribution in [1.29, 1.82) is 0 Å². The van der Waals surface area contributed by atoms with Crippen LogP contribution >= 0.6 is 11.3 Å². The molecule has 1 aliphatic heterocycles. The molecule has 3 rings (SSSR count). The van der Waals surface area contributed by atoms with Crippen LogP contribution in [0.5, 0.6) is 0 Å². The minimum atomic E-state index is 0.579. The van der Waals surface area contributed by atoms with Crippen LogP contribution in [0.2, 0.25) is 0 Å². The van der Waals surface area contributed by atoms with E-state index in [2.05, 4.69) is 57.4 Å². The summed E-state index contributed by atoms with van der Waals surface area (Å²) in [5.74, 6) is 0. The Balaban J connectivity index is 1.56. The number of thiophene rings is 1. The van der Waals surface area contributed by atoms with E-state index >= 15 is 0 Å². The fourth-order valence-corrected chi connectivity index (χ4v) is 3.37. The van der Waals surface area contributed by atoms with Gasteiger partial charge in [-0.1, -0.05) is 30.3 Å². The average molecular weight is 272 g/mol. The van der Waals surface area contributed by atoms with Gasteiger partial charge in [-0.2, -0.15) is 11.3 Å². The summed E-state index contributed by atoms with van der Waals surface area (Å²) in [6.45, 7) is 4.49. The largest absolute Gasteiger partial charge is 0.311 e. The van der Waals surface area contributed by atoms with Crippen molar-refractivity contribution in [1.82, 2.24) is 10.2 Å². The number of rotatable bonds is 4. The van der Waals surface area contributed by atoms with Crippen molar-refractivity contribution in [3.63, 3.8) is 0 Å². The van der Waals surface area contributed by atoms with Crippen molar-refractivity contribution in [2.24, 2.45) is 0 Å². The molecule has 1 aromatic heterocycles. The molecule has 2 aromatic rings. The van der Waals surface area contributed by atoms with Crippen LogP contribution in [0.15, 0.2) is 47.2 Å². The summed E-state index contributed by atoms with van der Waals surface area (Å²) in [7, 11) is 0. The number of hydrogen-bond donors (Lipinski definition) is 1. The molecular formula is C16H20N2S. The Morgan fingerprint density at radius 1 is 1.16 bits per heavy atom. The SMILES string of the molecule is c1ccc(CC2CN(Cc3ccsc3)CCN2)cc1. The standard InChI is InChI=1S/C16H20N2S/c1-2-4-14(5-3-1)10-16-12-18(8-7-17-16)11-15-6-9-19-13-15/h1-6,9,13,16-17H,7-8,10-12H2. The molecule has 2 nitrogen and oxygen atoms in total. The smallest absolute Gasteiger partial charge is 0.0243 e. The molecule has 100 valence electrons. The highest BCUT2D eigenvalue weighted by Gasteiger charge is 2.19. The zero-order valence-corrected chi connectivity index (χ0v) is 11.9. The van der Waals surface area contributed by atoms with Gasteiger partial charge in [0.25, 0.3) is 0 Å². The molecule has 0 spiro atoms. The summed E-state index contributed by atoms with van der Waals surface area (Å²) in [5.41, 5.74) is 2.88. The Hall–Kier alpha value is -1.16. The Morgan fingerprint density at radius 3 is 2.84 bits per heavy atom. The van der Waals surface area contributed by atoms with E-state index in [1.807, 2.05) is 0 Å². The summed E-state index contributed by atoms with van der Waals surface area (Å²) in [6.07, 6.45) is 1.13. The molecule has 1 aromatic carbocycles. The lowest BCUT2D eigenvalue weighted by Crippen LogP contribution is -2.51. The Bertz CT molecular complexity index is 481. The quantitative estimate of drug-likeness (QED) is 0.920. The first-order chi connectivity index (χ1) is 9.40. The monoisotopic (exact) mass is 272 g/mol. The maximum absolute atomic E-state index is 3.64. The molecule has 1 atom stereocenters. The lowest BCUT2D eigenvalue weighted by Gasteiger charge is -2.33. The average Bonchev–Trinajstić information content (AvgIpc) is 2.93. The maximum atomic E-state index is 3.64. The van der Waals surface area contributed by atoms with E-state index in [4.69, 9.17) is 0 Å². The summed E-state index contributed by atoms with van der Waals surface area (Å²) in [5, 5.41) is 8.06. The number of nitrogens with one attached hydrogen (secondary N) is 1. The van der Waals surface area contributed by atoms with Crippen LogP contribution < -0.4 is 5.32 Å². The Labute approximate surface area is 119 Å². The molecule has 0 saturated carbocycles. The van der Waals surface area contributed by atoms with Crippen molar-refractivity contribution < 1.29 is 0 Å². The van der Waals surface area contributed by atoms with Gasteiger partial charge in [0.2, 0.25) is 0 Å². The first kappa shape index (κ1) is 12.9. The Kier molecular flexibility index (Phi) is 4.28. The number of piperazine rings is 1. The lowest BCUT2D eigenvalue weighted by molar-refractivity contribution is 0.192. The molecule has 0 aliphatic carbocycles. The zero-order valence-electron chi connectivity index (χ0n) is 11.1. The van der Waals surface area contributed by atoms with E-state index in [1.165, 1.54) is 11.1 Å². The van der Waals surface area contributed by atoms with Crippen LogP contribution in [0.4, 0.5) is 0 Å². The van der Waals surface area contributed by atoms with Gasteiger partial charge in [-0.25, -0.2) is 0 Å². The van der Waals surface area contributed by atoms with Gasteiger partial charge in [-0.15, -0.1) is 0 Å². The van der Waals surface area contributed by atoms with Gasteiger partial charge >= 0.3 is 0 Å². The van der Waals surface area contributed by atoms with Crippen molar-refractivity contribution in [2.45, 2.75) is 19.0 Å². The first-order valence-electron chi connectivity index (χ1n) is 6.91. The molecule has 1 aliphatic rings. The highest BCUT2D eigenvalue weighted by molar-refractivity contribution is 7.07. The van der Waals surface area contributed by atoms with Crippen LogP contribution in [0.25, 0.3) is 0 Å². The van der Waals surface area contributed by atoms with Gasteiger partial charge in [-0.3, -0.25) is 4.90 Å². The molecule has 1 fully saturated rings. The second kappa shape index (κ2) is 6.33. The van der Waals surface area contributed by atoms with Crippen LogP contribution in [0.1, 0.15) is 11.1 Å². The molecule has 3 heteroatoms. The maximum Gasteiger partial charge on any atom is 0.0243 e. The minimum Gasteiger partial charge on any atom is -0.311 e. The molecule has 0 amide bonds. The fraction of sp³-hybridized carbons (Fsp3) is 0.375. The molecule has 1 N–H and O–H groups in total. The fourth-order valence-electron chi connectivity index (χ4n) is 2.71. The highest BCUT2D eigenvalue weighted by atomic mass is 32.1. The summed E-state index contributed by atoms with van der Waals surface area (Å²) < 4.78 is 0. The summed E-state index contributed by atoms with van der Waals surface area (Å²) in [4.78, 5) is 2.56. The van der Waals surface area contributed by atoms with E-state index in [-0.39, 0.29) is 0 Å². The Morgan fingerprint density at radius 2 is 2.05 bits per heavy atom. The normalized spacial score (nSPS) is 20.5. The first-order valence-corrected chi connectivity index (χ1v) is 7.85. The van der Waals surface area contributed by atoms with E-state index in [1.54, 1.807) is 11.3 Å². The predicted octanol–water partition coefficient (Wildman–Crippen LogP) is 2.76. The molecule has 1 unspecified atom stereocenters. The number of nitrogens with zero attached hydrogens (tertiary/aromatic N) is 1. The van der Waals surface area contributed by atoms with Crippen LogP contribution in [-0.2, 0) is 13.0 Å². The second-order valence-electron chi connectivity index (χ2n) is 5.21. The van der Waals surface area contributed by atoms with Crippen LogP contribution in [0, 0.1) is 0 Å². The van der Waals surface area contributed by atoms with E-state index in [0.717, 1.165) is 32.6 Å². The topological polar surface area (TPSA) is 15.3 Å². The highest BCUT2D eigenvalue weighted by Crippen LogP contribution is 2.13. The third-order valence-electron chi connectivity index (χ3n) is 3.65. The van der Waals surface area contributed by atoms with Gasteiger partial charge in [-0.05, 0) is 34.4 Å². The van der Waals surface area contributed by atoms with Gasteiger partial charge in [0.05, 0.1) is 0 Å². The molecule has 1 saturated heterocycles. The van der Waals surface area contributed by atoms with Crippen LogP contribution in [-0.4, -0.2) is 30.6 Å². The third-order valence-corrected chi connectivity index (χ3v) is 4.38. The lowest BCUT2D eigenvalue weighted by atomic mass is 10.0. The predicted molar refractivity (Wildman–Crippen MR) is 81.5 cm³/mol. The number of hydrogen-bond acceptors (Lipinski definition) is 3. The number of benzene rings is 1. The van der Waals surface area contributed by atoms with Crippen molar-refractivity contribution in [3.05, 3.63) is 58.3 Å². The molecule has 19 heavy (non-hydrogen) atoms.